The maximum atomic E-state index is 12.1. The lowest BCUT2D eigenvalue weighted by atomic mass is 10.0. The van der Waals surface area contributed by atoms with Crippen molar-refractivity contribution in [3.05, 3.63) is 35.9 Å². The molecule has 0 aliphatic rings. The first-order chi connectivity index (χ1) is 8.99. The highest BCUT2D eigenvalue weighted by Gasteiger charge is 2.18. The Morgan fingerprint density at radius 1 is 1.16 bits per heavy atom. The highest BCUT2D eigenvalue weighted by atomic mass is 32.2. The van der Waals surface area contributed by atoms with Crippen LogP contribution in [0.3, 0.4) is 0 Å². The highest BCUT2D eigenvalue weighted by Crippen LogP contribution is 2.09. The summed E-state index contributed by atoms with van der Waals surface area (Å²) in [5, 5.41) is 0. The minimum Gasteiger partial charge on any atom is -0.202 e. The molecule has 1 aromatic rings. The first kappa shape index (κ1) is 16.1. The quantitative estimate of drug-likeness (QED) is 0.797. The Bertz CT molecular complexity index is 456. The molecular formula is C14H24N2O2S. The molecule has 0 atom stereocenters. The van der Waals surface area contributed by atoms with Crippen LogP contribution in [-0.2, 0) is 16.8 Å². The molecule has 1 rings (SSSR count). The molecule has 0 amide bonds. The summed E-state index contributed by atoms with van der Waals surface area (Å²) in [5.41, 5.74) is 0.984. The van der Waals surface area contributed by atoms with E-state index in [-0.39, 0.29) is 0 Å². The van der Waals surface area contributed by atoms with Crippen LogP contribution in [0, 0.1) is 5.92 Å². The number of rotatable bonds is 8. The van der Waals surface area contributed by atoms with Crippen LogP contribution in [0.15, 0.2) is 30.3 Å². The van der Waals surface area contributed by atoms with Crippen LogP contribution in [0.1, 0.15) is 32.3 Å². The Hall–Kier alpha value is -0.910. The third-order valence-electron chi connectivity index (χ3n) is 3.37. The average Bonchev–Trinajstić information content (AvgIpc) is 2.41. The normalized spacial score (nSPS) is 12.3. The molecule has 0 unspecified atom stereocenters. The number of nitrogens with zero attached hydrogens (tertiary/aromatic N) is 1. The number of nitrogens with one attached hydrogen (secondary N) is 1. The molecule has 19 heavy (non-hydrogen) atoms. The van der Waals surface area contributed by atoms with Gasteiger partial charge in [0.25, 0.3) is 10.2 Å². The number of benzene rings is 1. The Morgan fingerprint density at radius 3 is 2.26 bits per heavy atom. The Balaban J connectivity index is 2.57. The minimum absolute atomic E-state index is 0.388. The van der Waals surface area contributed by atoms with Gasteiger partial charge in [-0.3, -0.25) is 0 Å². The zero-order chi connectivity index (χ0) is 14.3. The van der Waals surface area contributed by atoms with Gasteiger partial charge < -0.3 is 0 Å². The second kappa shape index (κ2) is 7.62. The van der Waals surface area contributed by atoms with Crippen LogP contribution >= 0.6 is 0 Å². The summed E-state index contributed by atoms with van der Waals surface area (Å²) in [7, 11) is -1.79. The molecule has 0 bridgehead atoms. The standard InChI is InChI=1S/C14H24N2O2S/c1-4-13(5-2)11-15-19(17,18)16(3)12-14-9-7-6-8-10-14/h6-10,13,15H,4-5,11-12H2,1-3H3. The summed E-state index contributed by atoms with van der Waals surface area (Å²) in [4.78, 5) is 0. The highest BCUT2D eigenvalue weighted by molar-refractivity contribution is 7.87. The van der Waals surface area contributed by atoms with E-state index in [4.69, 9.17) is 0 Å². The van der Waals surface area contributed by atoms with E-state index in [1.54, 1.807) is 7.05 Å². The van der Waals surface area contributed by atoms with Gasteiger partial charge in [-0.2, -0.15) is 12.7 Å². The zero-order valence-corrected chi connectivity index (χ0v) is 12.8. The summed E-state index contributed by atoms with van der Waals surface area (Å²) in [6.45, 7) is 5.06. The predicted molar refractivity (Wildman–Crippen MR) is 78.9 cm³/mol. The van der Waals surface area contributed by atoms with Gasteiger partial charge in [0.1, 0.15) is 0 Å². The second-order valence-electron chi connectivity index (χ2n) is 4.78. The van der Waals surface area contributed by atoms with Crippen molar-refractivity contribution in [1.82, 2.24) is 9.03 Å². The molecule has 0 radical (unpaired) electrons. The lowest BCUT2D eigenvalue weighted by Gasteiger charge is -2.20. The first-order valence-corrected chi connectivity index (χ1v) is 8.18. The van der Waals surface area contributed by atoms with E-state index in [1.807, 2.05) is 30.3 Å². The van der Waals surface area contributed by atoms with Crippen LogP contribution in [0.4, 0.5) is 0 Å². The average molecular weight is 284 g/mol. The first-order valence-electron chi connectivity index (χ1n) is 6.74. The Labute approximate surface area is 117 Å². The largest absolute Gasteiger partial charge is 0.279 e. The van der Waals surface area contributed by atoms with Gasteiger partial charge in [-0.1, -0.05) is 57.0 Å². The van der Waals surface area contributed by atoms with Crippen LogP contribution < -0.4 is 4.72 Å². The predicted octanol–water partition coefficient (Wildman–Crippen LogP) is 2.39. The molecule has 0 heterocycles. The maximum absolute atomic E-state index is 12.1. The summed E-state index contributed by atoms with van der Waals surface area (Å²) in [6, 6.07) is 9.59. The molecule has 5 heteroatoms. The van der Waals surface area contributed by atoms with E-state index >= 15 is 0 Å². The molecule has 0 aliphatic carbocycles. The van der Waals surface area contributed by atoms with Gasteiger partial charge in [-0.05, 0) is 11.5 Å². The van der Waals surface area contributed by atoms with Gasteiger partial charge >= 0.3 is 0 Å². The number of hydrogen-bond donors (Lipinski definition) is 1. The zero-order valence-electron chi connectivity index (χ0n) is 12.0. The molecule has 0 saturated carbocycles. The smallest absolute Gasteiger partial charge is 0.202 e. The van der Waals surface area contributed by atoms with Crippen LogP contribution in [0.5, 0.6) is 0 Å². The summed E-state index contributed by atoms with van der Waals surface area (Å²) >= 11 is 0. The van der Waals surface area contributed by atoms with Crippen molar-refractivity contribution in [3.8, 4) is 0 Å². The molecule has 108 valence electrons. The van der Waals surface area contributed by atoms with Gasteiger partial charge in [0, 0.05) is 20.1 Å². The van der Waals surface area contributed by atoms with Crippen molar-refractivity contribution in [2.24, 2.45) is 5.92 Å². The van der Waals surface area contributed by atoms with Crippen molar-refractivity contribution in [2.45, 2.75) is 33.2 Å². The lowest BCUT2D eigenvalue weighted by Crippen LogP contribution is -2.39. The van der Waals surface area contributed by atoms with Gasteiger partial charge in [-0.15, -0.1) is 0 Å². The van der Waals surface area contributed by atoms with Crippen molar-refractivity contribution in [1.29, 1.82) is 0 Å². The fourth-order valence-electron chi connectivity index (χ4n) is 1.84. The Morgan fingerprint density at radius 2 is 1.74 bits per heavy atom. The van der Waals surface area contributed by atoms with E-state index in [0.29, 0.717) is 19.0 Å². The molecule has 0 aromatic heterocycles. The maximum Gasteiger partial charge on any atom is 0.279 e. The molecule has 1 N–H and O–H groups in total. The fourth-order valence-corrected chi connectivity index (χ4v) is 2.82. The molecule has 0 aliphatic heterocycles. The topological polar surface area (TPSA) is 49.4 Å². The van der Waals surface area contributed by atoms with Crippen molar-refractivity contribution in [3.63, 3.8) is 0 Å². The molecule has 1 aromatic carbocycles. The molecule has 0 saturated heterocycles. The van der Waals surface area contributed by atoms with Crippen LogP contribution in [0.2, 0.25) is 0 Å². The van der Waals surface area contributed by atoms with Gasteiger partial charge in [0.15, 0.2) is 0 Å². The van der Waals surface area contributed by atoms with Gasteiger partial charge in [0.05, 0.1) is 0 Å². The molecule has 4 nitrogen and oxygen atoms in total. The minimum atomic E-state index is -3.39. The summed E-state index contributed by atoms with van der Waals surface area (Å²) in [6.07, 6.45) is 1.98. The summed E-state index contributed by atoms with van der Waals surface area (Å²) in [5.74, 6) is 0.403. The van der Waals surface area contributed by atoms with Crippen molar-refractivity contribution >= 4 is 10.2 Å². The van der Waals surface area contributed by atoms with Crippen LogP contribution in [0.25, 0.3) is 0 Å². The monoisotopic (exact) mass is 284 g/mol. The van der Waals surface area contributed by atoms with E-state index in [0.717, 1.165) is 18.4 Å². The lowest BCUT2D eigenvalue weighted by molar-refractivity contribution is 0.433. The summed E-state index contributed by atoms with van der Waals surface area (Å²) < 4.78 is 28.2. The SMILES string of the molecule is CCC(CC)CNS(=O)(=O)N(C)Cc1ccccc1. The third kappa shape index (κ3) is 5.30. The van der Waals surface area contributed by atoms with E-state index < -0.39 is 10.2 Å². The van der Waals surface area contributed by atoms with Crippen LogP contribution in [-0.4, -0.2) is 26.3 Å². The molecule has 0 fully saturated rings. The third-order valence-corrected chi connectivity index (χ3v) is 4.85. The number of hydrogen-bond acceptors (Lipinski definition) is 2. The van der Waals surface area contributed by atoms with Crippen molar-refractivity contribution < 1.29 is 8.42 Å². The molecular weight excluding hydrogens is 260 g/mol. The molecule has 0 spiro atoms. The van der Waals surface area contributed by atoms with E-state index in [1.165, 1.54) is 4.31 Å². The van der Waals surface area contributed by atoms with Gasteiger partial charge in [0.2, 0.25) is 0 Å². The van der Waals surface area contributed by atoms with Crippen molar-refractivity contribution in [2.75, 3.05) is 13.6 Å². The van der Waals surface area contributed by atoms with E-state index in [2.05, 4.69) is 18.6 Å². The fraction of sp³-hybridized carbons (Fsp3) is 0.571. The van der Waals surface area contributed by atoms with Gasteiger partial charge in [-0.25, -0.2) is 4.72 Å². The van der Waals surface area contributed by atoms with E-state index in [9.17, 15) is 8.42 Å². The second-order valence-corrected chi connectivity index (χ2v) is 6.64. The Kier molecular flexibility index (Phi) is 6.48.